The van der Waals surface area contributed by atoms with Crippen molar-refractivity contribution in [3.63, 3.8) is 0 Å². The summed E-state index contributed by atoms with van der Waals surface area (Å²) in [5, 5.41) is 8.55. The van der Waals surface area contributed by atoms with Crippen molar-refractivity contribution < 1.29 is 19.4 Å². The molecular weight excluding hydrogens is 284 g/mol. The highest BCUT2D eigenvalue weighted by molar-refractivity contribution is 5.94. The Hall–Kier alpha value is -2.50. The predicted octanol–water partition coefficient (Wildman–Crippen LogP) is 1.37. The fraction of sp³-hybridized carbons (Fsp3) is 0.375. The van der Waals surface area contributed by atoms with Gasteiger partial charge in [-0.3, -0.25) is 4.79 Å². The zero-order valence-corrected chi connectivity index (χ0v) is 12.6. The summed E-state index contributed by atoms with van der Waals surface area (Å²) < 4.78 is 5.63. The summed E-state index contributed by atoms with van der Waals surface area (Å²) in [6.07, 6.45) is 1.98. The third-order valence-electron chi connectivity index (χ3n) is 3.47. The first-order valence-electron chi connectivity index (χ1n) is 7.28. The topological polar surface area (TPSA) is 70.1 Å². The molecule has 1 aliphatic heterocycles. The lowest BCUT2D eigenvalue weighted by molar-refractivity contribution is -0.132. The number of hydrogen-bond donors (Lipinski definition) is 1. The third-order valence-corrected chi connectivity index (χ3v) is 3.47. The molecular formula is C16H20N2O4. The van der Waals surface area contributed by atoms with Crippen molar-refractivity contribution in [2.45, 2.75) is 6.92 Å². The maximum Gasteiger partial charge on any atom is 0.328 e. The number of carboxylic acid groups (broad SMARTS) is 1. The Morgan fingerprint density at radius 2 is 1.86 bits per heavy atom. The summed E-state index contributed by atoms with van der Waals surface area (Å²) in [6.45, 7) is 5.05. The molecule has 1 N–H and O–H groups in total. The number of anilines is 1. The van der Waals surface area contributed by atoms with Crippen molar-refractivity contribution in [1.29, 1.82) is 0 Å². The number of benzene rings is 1. The fourth-order valence-corrected chi connectivity index (χ4v) is 2.41. The van der Waals surface area contributed by atoms with Gasteiger partial charge in [-0.1, -0.05) is 12.1 Å². The van der Waals surface area contributed by atoms with E-state index >= 15 is 0 Å². The molecule has 0 spiro atoms. The van der Waals surface area contributed by atoms with Crippen LogP contribution in [0.25, 0.3) is 0 Å². The van der Waals surface area contributed by atoms with E-state index in [0.717, 1.165) is 23.6 Å². The monoisotopic (exact) mass is 304 g/mol. The van der Waals surface area contributed by atoms with Crippen LogP contribution in [0.2, 0.25) is 0 Å². The molecule has 0 aliphatic carbocycles. The van der Waals surface area contributed by atoms with Crippen molar-refractivity contribution in [2.75, 3.05) is 37.7 Å². The Morgan fingerprint density at radius 1 is 1.18 bits per heavy atom. The molecule has 118 valence electrons. The zero-order valence-electron chi connectivity index (χ0n) is 12.6. The summed E-state index contributed by atoms with van der Waals surface area (Å²) in [7, 11) is 0. The van der Waals surface area contributed by atoms with E-state index in [9.17, 15) is 9.59 Å². The molecule has 22 heavy (non-hydrogen) atoms. The number of carbonyl (C=O) groups is 2. The lowest BCUT2D eigenvalue weighted by atomic mass is 10.2. The molecule has 0 saturated carbocycles. The summed E-state index contributed by atoms with van der Waals surface area (Å²) in [5.41, 5.74) is 1.03. The van der Waals surface area contributed by atoms with E-state index in [4.69, 9.17) is 9.84 Å². The maximum atomic E-state index is 11.8. The summed E-state index contributed by atoms with van der Waals surface area (Å²) in [4.78, 5) is 26.1. The number of carbonyl (C=O) groups excluding carboxylic acids is 1. The smallest absolute Gasteiger partial charge is 0.328 e. The number of rotatable bonds is 5. The number of hydrogen-bond acceptors (Lipinski definition) is 4. The molecule has 0 bridgehead atoms. The molecule has 0 atom stereocenters. The van der Waals surface area contributed by atoms with Crippen LogP contribution in [0.1, 0.15) is 6.92 Å². The van der Waals surface area contributed by atoms with Crippen molar-refractivity contribution in [2.24, 2.45) is 0 Å². The second-order valence-electron chi connectivity index (χ2n) is 4.88. The van der Waals surface area contributed by atoms with Gasteiger partial charge in [-0.25, -0.2) is 4.79 Å². The Labute approximate surface area is 129 Å². The number of para-hydroxylation sites is 2. The van der Waals surface area contributed by atoms with E-state index in [1.54, 1.807) is 4.90 Å². The van der Waals surface area contributed by atoms with Gasteiger partial charge in [0.2, 0.25) is 5.91 Å². The molecule has 1 aromatic carbocycles. The normalized spacial score (nSPS) is 15.1. The summed E-state index contributed by atoms with van der Waals surface area (Å²) in [6, 6.07) is 7.84. The number of piperazine rings is 1. The number of ether oxygens (including phenoxy) is 1. The Kier molecular flexibility index (Phi) is 5.41. The van der Waals surface area contributed by atoms with Gasteiger partial charge in [-0.2, -0.15) is 0 Å². The van der Waals surface area contributed by atoms with E-state index < -0.39 is 5.97 Å². The van der Waals surface area contributed by atoms with Gasteiger partial charge >= 0.3 is 5.97 Å². The van der Waals surface area contributed by atoms with Crippen molar-refractivity contribution >= 4 is 17.6 Å². The van der Waals surface area contributed by atoms with Crippen LogP contribution < -0.4 is 9.64 Å². The van der Waals surface area contributed by atoms with Crippen LogP contribution in [0.5, 0.6) is 5.75 Å². The molecule has 6 nitrogen and oxygen atoms in total. The van der Waals surface area contributed by atoms with Crippen molar-refractivity contribution in [1.82, 2.24) is 4.90 Å². The van der Waals surface area contributed by atoms with Crippen LogP contribution in [0.3, 0.4) is 0 Å². The minimum atomic E-state index is -1.11. The largest absolute Gasteiger partial charge is 0.492 e. The summed E-state index contributed by atoms with van der Waals surface area (Å²) in [5.74, 6) is -0.534. The van der Waals surface area contributed by atoms with Gasteiger partial charge in [-0.05, 0) is 19.1 Å². The van der Waals surface area contributed by atoms with E-state index in [1.807, 2.05) is 31.2 Å². The van der Waals surface area contributed by atoms with E-state index in [1.165, 1.54) is 0 Å². The Balaban J connectivity index is 1.98. The second kappa shape index (κ2) is 7.49. The van der Waals surface area contributed by atoms with Crippen LogP contribution in [0, 0.1) is 0 Å². The fourth-order valence-electron chi connectivity index (χ4n) is 2.41. The molecule has 1 amide bonds. The zero-order chi connectivity index (χ0) is 15.9. The quantitative estimate of drug-likeness (QED) is 0.832. The number of nitrogens with zero attached hydrogens (tertiary/aromatic N) is 2. The van der Waals surface area contributed by atoms with E-state index in [-0.39, 0.29) is 5.91 Å². The average Bonchev–Trinajstić information content (AvgIpc) is 2.53. The van der Waals surface area contributed by atoms with Gasteiger partial charge in [0.1, 0.15) is 5.75 Å². The predicted molar refractivity (Wildman–Crippen MR) is 83.2 cm³/mol. The summed E-state index contributed by atoms with van der Waals surface area (Å²) >= 11 is 0. The first-order chi connectivity index (χ1) is 10.6. The number of amides is 1. The molecule has 1 heterocycles. The highest BCUT2D eigenvalue weighted by atomic mass is 16.5. The highest BCUT2D eigenvalue weighted by Crippen LogP contribution is 2.28. The molecule has 1 aromatic rings. The van der Waals surface area contributed by atoms with Gasteiger partial charge in [0.05, 0.1) is 12.3 Å². The number of carboxylic acids is 1. The Bertz CT molecular complexity index is 563. The molecule has 0 aromatic heterocycles. The lowest BCUT2D eigenvalue weighted by Crippen LogP contribution is -2.48. The molecule has 1 saturated heterocycles. The van der Waals surface area contributed by atoms with E-state index in [0.29, 0.717) is 32.8 Å². The van der Waals surface area contributed by atoms with Gasteiger partial charge in [0.25, 0.3) is 0 Å². The van der Waals surface area contributed by atoms with Crippen molar-refractivity contribution in [3.05, 3.63) is 36.4 Å². The lowest BCUT2D eigenvalue weighted by Gasteiger charge is -2.36. The minimum Gasteiger partial charge on any atom is -0.492 e. The van der Waals surface area contributed by atoms with Crippen LogP contribution in [-0.4, -0.2) is 54.7 Å². The molecule has 1 fully saturated rings. The molecule has 2 rings (SSSR count). The standard InChI is InChI=1S/C16H20N2O4/c1-2-22-14-6-4-3-5-13(14)17-9-11-18(12-10-17)15(19)7-8-16(20)21/h3-8H,2,9-12H2,1H3,(H,20,21). The molecule has 1 aliphatic rings. The third kappa shape index (κ3) is 4.00. The molecule has 0 radical (unpaired) electrons. The first-order valence-corrected chi connectivity index (χ1v) is 7.28. The SMILES string of the molecule is CCOc1ccccc1N1CCN(C(=O)C=CC(=O)O)CC1. The van der Waals surface area contributed by atoms with Gasteiger partial charge in [0.15, 0.2) is 0 Å². The van der Waals surface area contributed by atoms with Gasteiger partial charge in [-0.15, -0.1) is 0 Å². The molecule has 0 unspecified atom stereocenters. The second-order valence-corrected chi connectivity index (χ2v) is 4.88. The van der Waals surface area contributed by atoms with E-state index in [2.05, 4.69) is 4.90 Å². The minimum absolute atomic E-state index is 0.264. The van der Waals surface area contributed by atoms with Crippen molar-refractivity contribution in [3.8, 4) is 5.75 Å². The van der Waals surface area contributed by atoms with Gasteiger partial charge < -0.3 is 19.6 Å². The van der Waals surface area contributed by atoms with Crippen LogP contribution in [0.4, 0.5) is 5.69 Å². The maximum absolute atomic E-state index is 11.8. The average molecular weight is 304 g/mol. The Morgan fingerprint density at radius 3 is 2.50 bits per heavy atom. The van der Waals surface area contributed by atoms with Gasteiger partial charge in [0, 0.05) is 38.3 Å². The van der Waals surface area contributed by atoms with Crippen LogP contribution in [-0.2, 0) is 9.59 Å². The van der Waals surface area contributed by atoms with Crippen LogP contribution in [0.15, 0.2) is 36.4 Å². The first kappa shape index (κ1) is 15.9. The number of aliphatic carboxylic acids is 1. The highest BCUT2D eigenvalue weighted by Gasteiger charge is 2.21. The van der Waals surface area contributed by atoms with Crippen LogP contribution >= 0.6 is 0 Å². The molecule has 6 heteroatoms.